The summed E-state index contributed by atoms with van der Waals surface area (Å²) in [7, 11) is 0. The lowest BCUT2D eigenvalue weighted by atomic mass is 9.96. The summed E-state index contributed by atoms with van der Waals surface area (Å²) >= 11 is 0. The van der Waals surface area contributed by atoms with Crippen LogP contribution in [0, 0.1) is 0 Å². The molecule has 6 heteroatoms. The van der Waals surface area contributed by atoms with Gasteiger partial charge >= 0.3 is 0 Å². The van der Waals surface area contributed by atoms with Crippen molar-refractivity contribution in [3.05, 3.63) is 18.1 Å². The zero-order valence-corrected chi connectivity index (χ0v) is 10.5. The van der Waals surface area contributed by atoms with Crippen molar-refractivity contribution in [2.75, 3.05) is 6.54 Å². The van der Waals surface area contributed by atoms with Gasteiger partial charge in [0.15, 0.2) is 5.65 Å². The summed E-state index contributed by atoms with van der Waals surface area (Å²) < 4.78 is 1.76. The third kappa shape index (κ3) is 2.26. The smallest absolute Gasteiger partial charge is 0.197 e. The SMILES string of the molecule is CCNC(CC)C(C)c1cncc2nnnn12. The Hall–Kier alpha value is -1.56. The number of likely N-dealkylation sites (N-methyl/N-ethyl adjacent to an activating group) is 1. The molecule has 2 atom stereocenters. The molecule has 6 nitrogen and oxygen atoms in total. The Morgan fingerprint density at radius 2 is 2.18 bits per heavy atom. The van der Waals surface area contributed by atoms with Crippen LogP contribution in [0.5, 0.6) is 0 Å². The topological polar surface area (TPSA) is 68.0 Å². The van der Waals surface area contributed by atoms with Crippen LogP contribution in [-0.2, 0) is 0 Å². The summed E-state index contributed by atoms with van der Waals surface area (Å²) in [5, 5.41) is 15.1. The fraction of sp³-hybridized carbons (Fsp3) is 0.636. The lowest BCUT2D eigenvalue weighted by molar-refractivity contribution is 0.435. The summed E-state index contributed by atoms with van der Waals surface area (Å²) in [5.41, 5.74) is 1.74. The average molecular weight is 234 g/mol. The van der Waals surface area contributed by atoms with Gasteiger partial charge in [-0.1, -0.05) is 20.8 Å². The van der Waals surface area contributed by atoms with Crippen LogP contribution >= 0.6 is 0 Å². The number of aromatic nitrogens is 5. The Morgan fingerprint density at radius 1 is 1.35 bits per heavy atom. The highest BCUT2D eigenvalue weighted by Crippen LogP contribution is 2.20. The number of rotatable bonds is 5. The van der Waals surface area contributed by atoms with Gasteiger partial charge in [0.1, 0.15) is 0 Å². The van der Waals surface area contributed by atoms with Crippen molar-refractivity contribution >= 4 is 5.65 Å². The molecule has 1 N–H and O–H groups in total. The highest BCUT2D eigenvalue weighted by atomic mass is 15.5. The van der Waals surface area contributed by atoms with Gasteiger partial charge in [-0.25, -0.2) is 0 Å². The van der Waals surface area contributed by atoms with Crippen LogP contribution in [0.2, 0.25) is 0 Å². The third-order valence-electron chi connectivity index (χ3n) is 3.11. The second-order valence-electron chi connectivity index (χ2n) is 4.14. The maximum absolute atomic E-state index is 4.19. The van der Waals surface area contributed by atoms with E-state index in [1.807, 2.05) is 6.20 Å². The summed E-state index contributed by atoms with van der Waals surface area (Å²) in [6.07, 6.45) is 4.58. The lowest BCUT2D eigenvalue weighted by Gasteiger charge is -2.23. The van der Waals surface area contributed by atoms with Gasteiger partial charge in [-0.3, -0.25) is 4.98 Å². The van der Waals surface area contributed by atoms with Gasteiger partial charge in [-0.05, 0) is 23.4 Å². The zero-order valence-electron chi connectivity index (χ0n) is 10.5. The molecular weight excluding hydrogens is 216 g/mol. The molecule has 0 bridgehead atoms. The maximum atomic E-state index is 4.19. The first-order chi connectivity index (χ1) is 8.27. The minimum absolute atomic E-state index is 0.319. The van der Waals surface area contributed by atoms with E-state index >= 15 is 0 Å². The van der Waals surface area contributed by atoms with Crippen LogP contribution in [0.3, 0.4) is 0 Å². The van der Waals surface area contributed by atoms with Crippen LogP contribution in [0.15, 0.2) is 12.4 Å². The predicted molar refractivity (Wildman–Crippen MR) is 64.7 cm³/mol. The van der Waals surface area contributed by atoms with E-state index in [2.05, 4.69) is 46.6 Å². The van der Waals surface area contributed by atoms with Crippen molar-refractivity contribution < 1.29 is 0 Å². The predicted octanol–water partition coefficient (Wildman–Crippen LogP) is 1.01. The molecule has 0 radical (unpaired) electrons. The standard InChI is InChI=1S/C11H18N6/c1-4-9(13-5-2)8(3)10-6-12-7-11-14-15-16-17(10)11/h6-9,13H,4-5H2,1-3H3. The van der Waals surface area contributed by atoms with E-state index in [-0.39, 0.29) is 0 Å². The zero-order chi connectivity index (χ0) is 12.3. The molecule has 2 aromatic rings. The van der Waals surface area contributed by atoms with E-state index in [0.717, 1.165) is 18.7 Å². The molecule has 0 saturated heterocycles. The molecule has 0 amide bonds. The number of tetrazole rings is 1. The van der Waals surface area contributed by atoms with Crippen LogP contribution < -0.4 is 5.32 Å². The average Bonchev–Trinajstić information content (AvgIpc) is 2.83. The van der Waals surface area contributed by atoms with Crippen LogP contribution in [0.1, 0.15) is 38.8 Å². The molecule has 2 rings (SSSR count). The first-order valence-corrected chi connectivity index (χ1v) is 6.03. The van der Waals surface area contributed by atoms with Crippen LogP contribution in [-0.4, -0.2) is 37.6 Å². The van der Waals surface area contributed by atoms with Gasteiger partial charge in [0, 0.05) is 18.2 Å². The molecule has 2 unspecified atom stereocenters. The molecule has 0 aliphatic heterocycles. The highest BCUT2D eigenvalue weighted by Gasteiger charge is 2.19. The minimum atomic E-state index is 0.319. The van der Waals surface area contributed by atoms with Gasteiger partial charge in [-0.2, -0.15) is 4.52 Å². The van der Waals surface area contributed by atoms with E-state index in [1.165, 1.54) is 0 Å². The van der Waals surface area contributed by atoms with Gasteiger partial charge in [0.05, 0.1) is 11.9 Å². The monoisotopic (exact) mass is 234 g/mol. The number of hydrogen-bond acceptors (Lipinski definition) is 5. The normalized spacial score (nSPS) is 15.0. The van der Waals surface area contributed by atoms with E-state index in [9.17, 15) is 0 Å². The van der Waals surface area contributed by atoms with Crippen LogP contribution in [0.25, 0.3) is 5.65 Å². The number of hydrogen-bond donors (Lipinski definition) is 1. The Balaban J connectivity index is 2.34. The van der Waals surface area contributed by atoms with Gasteiger partial charge in [0.2, 0.25) is 0 Å². The van der Waals surface area contributed by atoms with Crippen molar-refractivity contribution in [2.24, 2.45) is 0 Å². The van der Waals surface area contributed by atoms with E-state index < -0.39 is 0 Å². The largest absolute Gasteiger partial charge is 0.314 e. The summed E-state index contributed by atoms with van der Waals surface area (Å²) in [6.45, 7) is 7.43. The number of nitrogens with zero attached hydrogens (tertiary/aromatic N) is 5. The molecule has 0 saturated carbocycles. The molecule has 0 aromatic carbocycles. The summed E-state index contributed by atoms with van der Waals surface area (Å²) in [6, 6.07) is 0.414. The van der Waals surface area contributed by atoms with Crippen molar-refractivity contribution in [3.8, 4) is 0 Å². The van der Waals surface area contributed by atoms with E-state index in [1.54, 1.807) is 10.7 Å². The Morgan fingerprint density at radius 3 is 2.88 bits per heavy atom. The fourth-order valence-corrected chi connectivity index (χ4v) is 2.15. The Labute approximate surface area is 100 Å². The molecule has 2 aromatic heterocycles. The molecule has 0 spiro atoms. The molecule has 0 fully saturated rings. The number of fused-ring (bicyclic) bond motifs is 1. The molecular formula is C11H18N6. The molecule has 17 heavy (non-hydrogen) atoms. The van der Waals surface area contributed by atoms with Crippen molar-refractivity contribution in [1.82, 2.24) is 30.3 Å². The molecule has 0 aliphatic rings. The van der Waals surface area contributed by atoms with E-state index in [4.69, 9.17) is 0 Å². The van der Waals surface area contributed by atoms with Gasteiger partial charge in [0.25, 0.3) is 0 Å². The quantitative estimate of drug-likeness (QED) is 0.836. The van der Waals surface area contributed by atoms with Crippen molar-refractivity contribution in [3.63, 3.8) is 0 Å². The van der Waals surface area contributed by atoms with Gasteiger partial charge in [-0.15, -0.1) is 5.10 Å². The van der Waals surface area contributed by atoms with Crippen LogP contribution in [0.4, 0.5) is 0 Å². The summed E-state index contributed by atoms with van der Waals surface area (Å²) in [5.74, 6) is 0.319. The second kappa shape index (κ2) is 5.18. The molecule has 92 valence electrons. The maximum Gasteiger partial charge on any atom is 0.197 e. The molecule has 0 aliphatic carbocycles. The fourth-order valence-electron chi connectivity index (χ4n) is 2.15. The van der Waals surface area contributed by atoms with Gasteiger partial charge < -0.3 is 5.32 Å². The van der Waals surface area contributed by atoms with E-state index in [0.29, 0.717) is 17.6 Å². The second-order valence-corrected chi connectivity index (χ2v) is 4.14. The number of nitrogens with one attached hydrogen (secondary N) is 1. The van der Waals surface area contributed by atoms with Crippen molar-refractivity contribution in [1.29, 1.82) is 0 Å². The Bertz CT molecular complexity index is 480. The first-order valence-electron chi connectivity index (χ1n) is 6.03. The lowest BCUT2D eigenvalue weighted by Crippen LogP contribution is -2.34. The highest BCUT2D eigenvalue weighted by molar-refractivity contribution is 5.33. The Kier molecular flexibility index (Phi) is 3.63. The third-order valence-corrected chi connectivity index (χ3v) is 3.11. The molecule has 2 heterocycles. The van der Waals surface area contributed by atoms with Crippen molar-refractivity contribution in [2.45, 2.75) is 39.2 Å². The summed E-state index contributed by atoms with van der Waals surface area (Å²) in [4.78, 5) is 4.19. The minimum Gasteiger partial charge on any atom is -0.314 e. The first kappa shape index (κ1) is 11.9.